The van der Waals surface area contributed by atoms with Crippen LogP contribution in [0.5, 0.6) is 0 Å². The van der Waals surface area contributed by atoms with Crippen molar-refractivity contribution in [1.82, 2.24) is 4.98 Å². The van der Waals surface area contributed by atoms with Crippen LogP contribution in [-0.4, -0.2) is 10.9 Å². The van der Waals surface area contributed by atoms with Crippen LogP contribution in [-0.2, 0) is 0 Å². The van der Waals surface area contributed by atoms with Gasteiger partial charge in [-0.3, -0.25) is 14.5 Å². The number of nitrogens with zero attached hydrogens (tertiary/aromatic N) is 2. The Morgan fingerprint density at radius 3 is 2.70 bits per heavy atom. The Labute approximate surface area is 175 Å². The van der Waals surface area contributed by atoms with Crippen LogP contribution in [0.1, 0.15) is 33.3 Å². The Hall–Kier alpha value is -3.51. The van der Waals surface area contributed by atoms with Crippen LogP contribution < -0.4 is 10.3 Å². The number of rotatable bonds is 2. The largest absolute Gasteiger partial charge is 0.450 e. The molecule has 0 radical (unpaired) electrons. The molecule has 0 aliphatic carbocycles. The summed E-state index contributed by atoms with van der Waals surface area (Å²) in [5.41, 5.74) is 1.36. The Morgan fingerprint density at radius 2 is 1.93 bits per heavy atom. The first-order chi connectivity index (χ1) is 14.4. The summed E-state index contributed by atoms with van der Waals surface area (Å²) in [7, 11) is 0. The van der Waals surface area contributed by atoms with Crippen molar-refractivity contribution in [3.05, 3.63) is 104 Å². The molecule has 148 valence electrons. The minimum atomic E-state index is -0.801. The monoisotopic (exact) mass is 420 g/mol. The van der Waals surface area contributed by atoms with Crippen molar-refractivity contribution in [3.8, 4) is 0 Å². The molecule has 1 atom stereocenters. The van der Waals surface area contributed by atoms with Crippen LogP contribution in [0.2, 0.25) is 5.02 Å². The highest BCUT2D eigenvalue weighted by atomic mass is 35.5. The van der Waals surface area contributed by atoms with E-state index in [1.54, 1.807) is 36.5 Å². The van der Waals surface area contributed by atoms with Gasteiger partial charge in [0.05, 0.1) is 17.0 Å². The summed E-state index contributed by atoms with van der Waals surface area (Å²) in [4.78, 5) is 32.5. The van der Waals surface area contributed by atoms with Crippen molar-refractivity contribution < 1.29 is 13.6 Å². The first kappa shape index (κ1) is 18.5. The molecule has 0 bridgehead atoms. The number of aryl methyl sites for hydroxylation is 1. The number of fused-ring (bicyclic) bond motifs is 2. The molecule has 2 aromatic heterocycles. The van der Waals surface area contributed by atoms with Crippen LogP contribution in [0.15, 0.2) is 70.0 Å². The molecule has 0 N–H and O–H groups in total. The summed E-state index contributed by atoms with van der Waals surface area (Å²) in [6.45, 7) is 1.88. The molecule has 3 heterocycles. The van der Waals surface area contributed by atoms with Crippen LogP contribution >= 0.6 is 11.6 Å². The molecule has 4 aromatic rings. The third-order valence-corrected chi connectivity index (χ3v) is 5.38. The highest BCUT2D eigenvalue weighted by Gasteiger charge is 2.44. The van der Waals surface area contributed by atoms with E-state index in [1.807, 2.05) is 13.0 Å². The van der Waals surface area contributed by atoms with Gasteiger partial charge in [-0.1, -0.05) is 23.7 Å². The summed E-state index contributed by atoms with van der Waals surface area (Å²) >= 11 is 6.19. The number of carbonyl (C=O) groups excluding carboxylic acids is 1. The van der Waals surface area contributed by atoms with Gasteiger partial charge in [0.2, 0.25) is 5.76 Å². The van der Waals surface area contributed by atoms with E-state index in [0.717, 1.165) is 11.6 Å². The van der Waals surface area contributed by atoms with Crippen LogP contribution in [0, 0.1) is 12.7 Å². The predicted molar refractivity (Wildman–Crippen MR) is 112 cm³/mol. The fourth-order valence-electron chi connectivity index (χ4n) is 3.83. The Balaban J connectivity index is 1.84. The molecular weight excluding hydrogens is 407 g/mol. The second-order valence-electron chi connectivity index (χ2n) is 7.14. The van der Waals surface area contributed by atoms with Gasteiger partial charge in [-0.05, 0) is 60.5 Å². The molecule has 2 aromatic carbocycles. The number of pyridine rings is 1. The van der Waals surface area contributed by atoms with Gasteiger partial charge in [-0.15, -0.1) is 0 Å². The van der Waals surface area contributed by atoms with E-state index in [1.165, 1.54) is 17.0 Å². The number of amides is 1. The molecule has 5 nitrogen and oxygen atoms in total. The molecule has 5 rings (SSSR count). The van der Waals surface area contributed by atoms with Gasteiger partial charge in [-0.2, -0.15) is 0 Å². The fourth-order valence-corrected chi connectivity index (χ4v) is 4.02. The maximum absolute atomic E-state index is 13.8. The van der Waals surface area contributed by atoms with E-state index in [0.29, 0.717) is 16.4 Å². The van der Waals surface area contributed by atoms with E-state index in [-0.39, 0.29) is 22.3 Å². The Bertz CT molecular complexity index is 1400. The van der Waals surface area contributed by atoms with E-state index < -0.39 is 23.2 Å². The topological polar surface area (TPSA) is 63.4 Å². The molecule has 0 fully saturated rings. The normalized spacial score (nSPS) is 15.6. The quantitative estimate of drug-likeness (QED) is 0.456. The van der Waals surface area contributed by atoms with Crippen molar-refractivity contribution in [1.29, 1.82) is 0 Å². The summed E-state index contributed by atoms with van der Waals surface area (Å²) in [5.74, 6) is -0.745. The zero-order chi connectivity index (χ0) is 21.0. The maximum Gasteiger partial charge on any atom is 0.296 e. The Morgan fingerprint density at radius 1 is 1.10 bits per heavy atom. The van der Waals surface area contributed by atoms with E-state index in [4.69, 9.17) is 16.0 Å². The zero-order valence-electron chi connectivity index (χ0n) is 15.7. The van der Waals surface area contributed by atoms with E-state index in [2.05, 4.69) is 4.98 Å². The molecule has 7 heteroatoms. The van der Waals surface area contributed by atoms with Gasteiger partial charge in [0.25, 0.3) is 5.91 Å². The summed E-state index contributed by atoms with van der Waals surface area (Å²) in [6, 6.07) is 13.3. The lowest BCUT2D eigenvalue weighted by Crippen LogP contribution is -2.30. The van der Waals surface area contributed by atoms with Crippen molar-refractivity contribution >= 4 is 34.3 Å². The van der Waals surface area contributed by atoms with Crippen LogP contribution in [0.25, 0.3) is 11.0 Å². The smallest absolute Gasteiger partial charge is 0.296 e. The lowest BCUT2D eigenvalue weighted by atomic mass is 9.98. The minimum Gasteiger partial charge on any atom is -0.450 e. The van der Waals surface area contributed by atoms with E-state index in [9.17, 15) is 14.0 Å². The van der Waals surface area contributed by atoms with Crippen LogP contribution in [0.4, 0.5) is 10.2 Å². The van der Waals surface area contributed by atoms with Crippen molar-refractivity contribution in [2.24, 2.45) is 0 Å². The van der Waals surface area contributed by atoms with E-state index >= 15 is 0 Å². The van der Waals surface area contributed by atoms with Gasteiger partial charge in [0.15, 0.2) is 5.43 Å². The van der Waals surface area contributed by atoms with Crippen LogP contribution in [0.3, 0.4) is 0 Å². The summed E-state index contributed by atoms with van der Waals surface area (Å²) in [6.07, 6.45) is 1.59. The number of anilines is 1. The van der Waals surface area contributed by atoms with Gasteiger partial charge >= 0.3 is 0 Å². The number of benzene rings is 2. The molecule has 0 spiro atoms. The zero-order valence-corrected chi connectivity index (χ0v) is 16.5. The number of halogens is 2. The minimum absolute atomic E-state index is 0.0765. The molecule has 30 heavy (non-hydrogen) atoms. The standard InChI is InChI=1S/C23H14ClFN2O3/c1-12-7-8-26-18(9-12)27-20(13-3-2-4-14(24)10-13)19-21(28)16-11-15(25)5-6-17(16)30-22(19)23(27)29/h2-11,20H,1H3/t20-/m0/s1. The average Bonchev–Trinajstić information content (AvgIpc) is 3.01. The summed E-state index contributed by atoms with van der Waals surface area (Å²) in [5, 5.41) is 0.536. The Kier molecular flexibility index (Phi) is 4.18. The van der Waals surface area contributed by atoms with Crippen molar-refractivity contribution in [2.75, 3.05) is 4.90 Å². The number of aromatic nitrogens is 1. The maximum atomic E-state index is 13.8. The lowest BCUT2D eigenvalue weighted by Gasteiger charge is -2.24. The second-order valence-corrected chi connectivity index (χ2v) is 7.57. The third-order valence-electron chi connectivity index (χ3n) is 5.14. The second kappa shape index (κ2) is 6.78. The van der Waals surface area contributed by atoms with Gasteiger partial charge in [-0.25, -0.2) is 9.37 Å². The molecule has 0 unspecified atom stereocenters. The first-order valence-electron chi connectivity index (χ1n) is 9.22. The van der Waals surface area contributed by atoms with Gasteiger partial charge in [0.1, 0.15) is 17.2 Å². The first-order valence-corrected chi connectivity index (χ1v) is 9.60. The molecule has 0 saturated heterocycles. The molecule has 1 amide bonds. The molecular formula is C23H14ClFN2O3. The summed E-state index contributed by atoms with van der Waals surface area (Å²) < 4.78 is 19.6. The van der Waals surface area contributed by atoms with Crippen molar-refractivity contribution in [3.63, 3.8) is 0 Å². The fraction of sp³-hybridized carbons (Fsp3) is 0.0870. The lowest BCUT2D eigenvalue weighted by molar-refractivity contribution is 0.0970. The number of hydrogen-bond acceptors (Lipinski definition) is 4. The highest BCUT2D eigenvalue weighted by Crippen LogP contribution is 2.41. The molecule has 1 aliphatic rings. The number of hydrogen-bond donors (Lipinski definition) is 0. The number of carbonyl (C=O) groups is 1. The van der Waals surface area contributed by atoms with Crippen molar-refractivity contribution in [2.45, 2.75) is 13.0 Å². The van der Waals surface area contributed by atoms with Gasteiger partial charge < -0.3 is 4.42 Å². The third kappa shape index (κ3) is 2.80. The molecule has 1 aliphatic heterocycles. The predicted octanol–water partition coefficient (Wildman–Crippen LogP) is 5.04. The average molecular weight is 421 g/mol. The SMILES string of the molecule is Cc1ccnc(N2C(=O)c3oc4ccc(F)cc4c(=O)c3[C@@H]2c2cccc(Cl)c2)c1. The highest BCUT2D eigenvalue weighted by molar-refractivity contribution is 6.30. The van der Waals surface area contributed by atoms with Gasteiger partial charge in [0, 0.05) is 11.2 Å². The molecule has 0 saturated carbocycles.